The van der Waals surface area contributed by atoms with E-state index in [2.05, 4.69) is 31.1 Å². The molecule has 1 aromatic heterocycles. The van der Waals surface area contributed by atoms with Crippen molar-refractivity contribution in [1.29, 1.82) is 0 Å². The van der Waals surface area contributed by atoms with E-state index < -0.39 is 0 Å². The predicted molar refractivity (Wildman–Crippen MR) is 84.3 cm³/mol. The average Bonchev–Trinajstić information content (AvgIpc) is 2.84. The summed E-state index contributed by atoms with van der Waals surface area (Å²) in [6, 6.07) is 0.489. The number of hydrogen-bond donors (Lipinski definition) is 1. The predicted octanol–water partition coefficient (Wildman–Crippen LogP) is 3.76. The molecule has 108 valence electrons. The van der Waals surface area contributed by atoms with Crippen LogP contribution in [-0.2, 0) is 6.42 Å². The molecule has 1 N–H and O–H groups in total. The van der Waals surface area contributed by atoms with Crippen molar-refractivity contribution in [2.24, 2.45) is 0 Å². The van der Waals surface area contributed by atoms with Crippen molar-refractivity contribution >= 4 is 16.5 Å². The lowest BCUT2D eigenvalue weighted by molar-refractivity contribution is 0.465. The van der Waals surface area contributed by atoms with Crippen LogP contribution in [0.15, 0.2) is 0 Å². The molecule has 1 unspecified atom stereocenters. The fourth-order valence-corrected chi connectivity index (χ4v) is 3.86. The lowest BCUT2D eigenvalue weighted by Crippen LogP contribution is -2.25. The molecule has 19 heavy (non-hydrogen) atoms. The molecular formula is C15H27N3S. The van der Waals surface area contributed by atoms with E-state index in [-0.39, 0.29) is 0 Å². The zero-order valence-corrected chi connectivity index (χ0v) is 13.4. The van der Waals surface area contributed by atoms with Gasteiger partial charge in [0.2, 0.25) is 0 Å². The number of nitrogens with one attached hydrogen (secondary N) is 1. The van der Waals surface area contributed by atoms with Gasteiger partial charge in [-0.15, -0.1) is 11.3 Å². The molecule has 1 atom stereocenters. The van der Waals surface area contributed by atoms with Gasteiger partial charge in [-0.05, 0) is 32.2 Å². The lowest BCUT2D eigenvalue weighted by Gasteiger charge is -2.21. The third-order valence-corrected chi connectivity index (χ3v) is 5.06. The van der Waals surface area contributed by atoms with E-state index in [1.807, 2.05) is 11.3 Å². The van der Waals surface area contributed by atoms with Crippen LogP contribution in [0.25, 0.3) is 0 Å². The molecule has 1 heterocycles. The van der Waals surface area contributed by atoms with E-state index >= 15 is 0 Å². The zero-order chi connectivity index (χ0) is 13.7. The van der Waals surface area contributed by atoms with E-state index in [1.54, 1.807) is 0 Å². The Balaban J connectivity index is 2.03. The first-order valence-corrected chi connectivity index (χ1v) is 8.52. The minimum atomic E-state index is 0.489. The molecule has 0 radical (unpaired) electrons. The van der Waals surface area contributed by atoms with Gasteiger partial charge >= 0.3 is 0 Å². The first-order valence-electron chi connectivity index (χ1n) is 7.70. The van der Waals surface area contributed by atoms with Crippen LogP contribution in [0, 0.1) is 0 Å². The van der Waals surface area contributed by atoms with Gasteiger partial charge in [0.1, 0.15) is 0 Å². The molecule has 0 saturated heterocycles. The van der Waals surface area contributed by atoms with Crippen molar-refractivity contribution in [1.82, 2.24) is 10.3 Å². The third kappa shape index (κ3) is 3.69. The first-order chi connectivity index (χ1) is 9.26. The largest absolute Gasteiger partial charge is 0.351 e. The number of unbranched alkanes of at least 4 members (excludes halogenated alkanes) is 2. The molecular weight excluding hydrogens is 254 g/mol. The molecule has 0 aromatic carbocycles. The Hall–Kier alpha value is -0.610. The number of aromatic nitrogens is 1. The van der Waals surface area contributed by atoms with Gasteiger partial charge in [-0.2, -0.15) is 0 Å². The summed E-state index contributed by atoms with van der Waals surface area (Å²) in [7, 11) is 2.18. The van der Waals surface area contributed by atoms with Gasteiger partial charge in [0.05, 0.1) is 11.7 Å². The molecule has 0 saturated carbocycles. The Morgan fingerprint density at radius 2 is 2.21 bits per heavy atom. The van der Waals surface area contributed by atoms with E-state index in [0.717, 1.165) is 13.1 Å². The summed E-state index contributed by atoms with van der Waals surface area (Å²) >= 11 is 1.91. The van der Waals surface area contributed by atoms with Gasteiger partial charge in [-0.1, -0.05) is 26.7 Å². The SMILES string of the molecule is CCCCCN(C)c1nc2c(s1)CCCC2NCC. The van der Waals surface area contributed by atoms with Crippen LogP contribution in [0.1, 0.15) is 62.6 Å². The van der Waals surface area contributed by atoms with Gasteiger partial charge in [-0.25, -0.2) is 4.98 Å². The number of fused-ring (bicyclic) bond motifs is 1. The summed E-state index contributed by atoms with van der Waals surface area (Å²) in [4.78, 5) is 8.76. The van der Waals surface area contributed by atoms with Gasteiger partial charge in [0.15, 0.2) is 5.13 Å². The highest BCUT2D eigenvalue weighted by Crippen LogP contribution is 2.36. The molecule has 0 aliphatic heterocycles. The quantitative estimate of drug-likeness (QED) is 0.771. The maximum absolute atomic E-state index is 4.91. The highest BCUT2D eigenvalue weighted by Gasteiger charge is 2.24. The van der Waals surface area contributed by atoms with Gasteiger partial charge in [0.25, 0.3) is 0 Å². The number of thiazole rings is 1. The second-order valence-electron chi connectivity index (χ2n) is 5.44. The number of rotatable bonds is 7. The van der Waals surface area contributed by atoms with Crippen molar-refractivity contribution in [3.8, 4) is 0 Å². The molecule has 0 spiro atoms. The van der Waals surface area contributed by atoms with E-state index in [0.29, 0.717) is 6.04 Å². The second kappa shape index (κ2) is 7.25. The zero-order valence-electron chi connectivity index (χ0n) is 12.5. The molecule has 1 aliphatic carbocycles. The molecule has 4 heteroatoms. The summed E-state index contributed by atoms with van der Waals surface area (Å²) in [5.41, 5.74) is 1.33. The fourth-order valence-electron chi connectivity index (χ4n) is 2.71. The Kier molecular flexibility index (Phi) is 5.64. The van der Waals surface area contributed by atoms with Crippen molar-refractivity contribution < 1.29 is 0 Å². The number of anilines is 1. The summed E-state index contributed by atoms with van der Waals surface area (Å²) in [5.74, 6) is 0. The van der Waals surface area contributed by atoms with E-state index in [4.69, 9.17) is 4.98 Å². The summed E-state index contributed by atoms with van der Waals surface area (Å²) < 4.78 is 0. The van der Waals surface area contributed by atoms with Crippen LogP contribution in [0.3, 0.4) is 0 Å². The summed E-state index contributed by atoms with van der Waals surface area (Å²) in [6.45, 7) is 6.59. The number of nitrogens with zero attached hydrogens (tertiary/aromatic N) is 2. The first kappa shape index (κ1) is 14.8. The fraction of sp³-hybridized carbons (Fsp3) is 0.800. The van der Waals surface area contributed by atoms with E-state index in [1.165, 1.54) is 54.2 Å². The molecule has 1 aromatic rings. The maximum Gasteiger partial charge on any atom is 0.185 e. The molecule has 3 nitrogen and oxygen atoms in total. The van der Waals surface area contributed by atoms with Crippen LogP contribution >= 0.6 is 11.3 Å². The Morgan fingerprint density at radius 1 is 1.37 bits per heavy atom. The van der Waals surface area contributed by atoms with Gasteiger partial charge < -0.3 is 10.2 Å². The maximum atomic E-state index is 4.91. The Morgan fingerprint density at radius 3 is 2.95 bits per heavy atom. The number of hydrogen-bond acceptors (Lipinski definition) is 4. The minimum absolute atomic E-state index is 0.489. The highest BCUT2D eigenvalue weighted by molar-refractivity contribution is 7.15. The Bertz CT molecular complexity index is 389. The third-order valence-electron chi connectivity index (χ3n) is 3.82. The molecule has 1 aliphatic rings. The minimum Gasteiger partial charge on any atom is -0.351 e. The van der Waals surface area contributed by atoms with Crippen molar-refractivity contribution in [2.75, 3.05) is 25.0 Å². The number of aryl methyl sites for hydroxylation is 1. The van der Waals surface area contributed by atoms with Crippen LogP contribution < -0.4 is 10.2 Å². The average molecular weight is 281 g/mol. The van der Waals surface area contributed by atoms with Crippen molar-refractivity contribution in [3.63, 3.8) is 0 Å². The molecule has 0 fully saturated rings. The molecule has 2 rings (SSSR count). The van der Waals surface area contributed by atoms with Crippen LogP contribution in [0.2, 0.25) is 0 Å². The van der Waals surface area contributed by atoms with E-state index in [9.17, 15) is 0 Å². The standard InChI is InChI=1S/C15H27N3S/c1-4-6-7-11-18(3)15-17-14-12(16-5-2)9-8-10-13(14)19-15/h12,16H,4-11H2,1-3H3. The second-order valence-corrected chi connectivity index (χ2v) is 6.50. The van der Waals surface area contributed by atoms with Gasteiger partial charge in [0, 0.05) is 18.5 Å². The Labute approximate surface area is 121 Å². The van der Waals surface area contributed by atoms with Crippen LogP contribution in [-0.4, -0.2) is 25.1 Å². The van der Waals surface area contributed by atoms with Crippen molar-refractivity contribution in [2.45, 2.75) is 58.4 Å². The lowest BCUT2D eigenvalue weighted by atomic mass is 9.98. The van der Waals surface area contributed by atoms with Crippen molar-refractivity contribution in [3.05, 3.63) is 10.6 Å². The molecule has 0 amide bonds. The normalized spacial score (nSPS) is 18.4. The summed E-state index contributed by atoms with van der Waals surface area (Å²) in [6.07, 6.45) is 7.63. The topological polar surface area (TPSA) is 28.2 Å². The highest BCUT2D eigenvalue weighted by atomic mass is 32.1. The van der Waals surface area contributed by atoms with Crippen LogP contribution in [0.4, 0.5) is 5.13 Å². The summed E-state index contributed by atoms with van der Waals surface area (Å²) in [5, 5.41) is 4.78. The van der Waals surface area contributed by atoms with Gasteiger partial charge in [-0.3, -0.25) is 0 Å². The monoisotopic (exact) mass is 281 g/mol. The van der Waals surface area contributed by atoms with Crippen LogP contribution in [0.5, 0.6) is 0 Å². The molecule has 0 bridgehead atoms. The smallest absolute Gasteiger partial charge is 0.185 e.